The van der Waals surface area contributed by atoms with Crippen molar-refractivity contribution in [3.63, 3.8) is 0 Å². The van der Waals surface area contributed by atoms with Crippen LogP contribution in [0.15, 0.2) is 90.9 Å². The van der Waals surface area contributed by atoms with Gasteiger partial charge in [-0.2, -0.15) is 18.6 Å². The van der Waals surface area contributed by atoms with Crippen molar-refractivity contribution in [1.82, 2.24) is 0 Å². The van der Waals surface area contributed by atoms with Crippen molar-refractivity contribution >= 4 is 70.8 Å². The zero-order valence-corrected chi connectivity index (χ0v) is 28.9. The third-order valence-electron chi connectivity index (χ3n) is 5.14. The molecule has 0 aliphatic rings. The molecule has 0 saturated heterocycles. The molecular formula is C22H17K2N7O7S2. The number of rotatable bonds is 6. The van der Waals surface area contributed by atoms with E-state index in [1.165, 1.54) is 30.3 Å². The number of azo groups is 2. The number of nitrogens with zero attached hydrogens (tertiary/aromatic N) is 4. The normalized spacial score (nSPS) is 11.9. The van der Waals surface area contributed by atoms with Crippen LogP contribution >= 0.6 is 0 Å². The van der Waals surface area contributed by atoms with E-state index >= 15 is 0 Å². The molecule has 4 rings (SSSR count). The maximum Gasteiger partial charge on any atom is 1.00 e. The Morgan fingerprint density at radius 1 is 0.725 bits per heavy atom. The largest absolute Gasteiger partial charge is 1.00 e. The summed E-state index contributed by atoms with van der Waals surface area (Å²) in [6, 6.07) is 13.0. The summed E-state index contributed by atoms with van der Waals surface area (Å²) in [5.41, 5.74) is 17.9. The molecule has 0 aliphatic heterocycles. The number of nitrogens with two attached hydrogens (primary N) is 3. The molecule has 0 aliphatic carbocycles. The number of benzene rings is 4. The fraction of sp³-hybridized carbons (Fsp3) is 0. The smallest absolute Gasteiger partial charge is 0.870 e. The standard InChI is InChI=1S/C22H19N7O7S2.2K/c23-12-1-6-18(16(24)9-12)28-26-13-2-4-14(5-3-13)27-29-21-19(38(34,35)36)8-11-7-15(37(31,32)33)10-17(25)20(11)22(21)30;;/h1-10,30H,23-25H2,(H,31,32,33)(H,34,35,36);;/q;2*+1/p-2. The molecule has 40 heavy (non-hydrogen) atoms. The first-order valence-electron chi connectivity index (χ1n) is 10.3. The zero-order valence-electron chi connectivity index (χ0n) is 21.0. The fourth-order valence-corrected chi connectivity index (χ4v) is 4.58. The van der Waals surface area contributed by atoms with Gasteiger partial charge in [0.25, 0.3) is 10.1 Å². The van der Waals surface area contributed by atoms with Gasteiger partial charge in [-0.15, -0.1) is 10.2 Å². The molecule has 0 amide bonds. The predicted octanol–water partition coefficient (Wildman–Crippen LogP) is -2.35. The van der Waals surface area contributed by atoms with E-state index in [1.807, 2.05) is 0 Å². The molecule has 0 saturated carbocycles. The topological polar surface area (TPSA) is 262 Å². The molecule has 4 aromatic carbocycles. The Labute approximate surface area is 313 Å². The predicted molar refractivity (Wildman–Crippen MR) is 136 cm³/mol. The van der Waals surface area contributed by atoms with Crippen LogP contribution in [0.1, 0.15) is 0 Å². The average Bonchev–Trinajstić information content (AvgIpc) is 2.82. The maximum absolute atomic E-state index is 13.0. The molecule has 7 N–H and O–H groups in total. The Kier molecular flexibility index (Phi) is 12.0. The second-order valence-corrected chi connectivity index (χ2v) is 10.6. The quantitative estimate of drug-likeness (QED) is 0.0760. The van der Waals surface area contributed by atoms with Crippen LogP contribution in [0.4, 0.5) is 39.8 Å². The third-order valence-corrected chi connectivity index (χ3v) is 6.82. The summed E-state index contributed by atoms with van der Waals surface area (Å²) in [6.07, 6.45) is 0. The van der Waals surface area contributed by atoms with Gasteiger partial charge in [0.2, 0.25) is 0 Å². The van der Waals surface area contributed by atoms with E-state index in [0.29, 0.717) is 22.7 Å². The Balaban J connectivity index is 0.00000280. The number of anilines is 3. The molecule has 0 aromatic heterocycles. The summed E-state index contributed by atoms with van der Waals surface area (Å²) in [4.78, 5) is -1.74. The van der Waals surface area contributed by atoms with Gasteiger partial charge in [0.1, 0.15) is 20.7 Å². The van der Waals surface area contributed by atoms with Crippen LogP contribution in [-0.4, -0.2) is 25.9 Å². The van der Waals surface area contributed by atoms with E-state index < -0.39 is 47.2 Å². The summed E-state index contributed by atoms with van der Waals surface area (Å²) >= 11 is 0. The van der Waals surface area contributed by atoms with Gasteiger partial charge in [-0.05, 0) is 71.4 Å². The number of nitrogen functional groups attached to an aromatic ring is 3. The van der Waals surface area contributed by atoms with Crippen LogP contribution in [-0.2, 0) is 20.2 Å². The number of hydrogen-bond acceptors (Lipinski definition) is 13. The van der Waals surface area contributed by atoms with Gasteiger partial charge in [-0.3, -0.25) is 4.55 Å². The monoisotopic (exact) mass is 633 g/mol. The van der Waals surface area contributed by atoms with Crippen molar-refractivity contribution in [2.45, 2.75) is 9.79 Å². The van der Waals surface area contributed by atoms with Crippen molar-refractivity contribution in [1.29, 1.82) is 0 Å². The van der Waals surface area contributed by atoms with Crippen LogP contribution < -0.4 is 125 Å². The Hall–Kier alpha value is -1.37. The summed E-state index contributed by atoms with van der Waals surface area (Å²) in [6.45, 7) is 0. The second kappa shape index (κ2) is 13.7. The summed E-state index contributed by atoms with van der Waals surface area (Å²) in [7, 11) is -10.0. The Morgan fingerprint density at radius 3 is 1.82 bits per heavy atom. The van der Waals surface area contributed by atoms with Gasteiger partial charge in [-0.25, -0.2) is 8.42 Å². The molecule has 0 atom stereocenters. The van der Waals surface area contributed by atoms with Crippen LogP contribution in [0, 0.1) is 0 Å². The third kappa shape index (κ3) is 8.13. The minimum Gasteiger partial charge on any atom is -0.870 e. The first-order valence-corrected chi connectivity index (χ1v) is 13.2. The summed E-state index contributed by atoms with van der Waals surface area (Å²) in [5, 5.41) is 28.1. The van der Waals surface area contributed by atoms with Gasteiger partial charge in [0.05, 0.1) is 27.6 Å². The van der Waals surface area contributed by atoms with E-state index in [2.05, 4.69) is 20.5 Å². The molecule has 14 nitrogen and oxygen atoms in total. The number of fused-ring (bicyclic) bond motifs is 1. The van der Waals surface area contributed by atoms with Crippen LogP contribution in [0.25, 0.3) is 10.8 Å². The van der Waals surface area contributed by atoms with Gasteiger partial charge in [-0.1, -0.05) is 5.75 Å². The van der Waals surface area contributed by atoms with Gasteiger partial charge >= 0.3 is 103 Å². The SMILES string of the molecule is Nc1ccc(N=Nc2ccc(N=Nc3c(S(=O)(=O)O)cc4cc(S(=O)(=O)[O-])cc(N)c4c3[O-])cc2)c(N)c1.[K+].[K+]. The molecule has 0 radical (unpaired) electrons. The molecule has 196 valence electrons. The first kappa shape index (κ1) is 34.8. The molecular weight excluding hydrogens is 617 g/mol. The second-order valence-electron chi connectivity index (χ2n) is 7.83. The van der Waals surface area contributed by atoms with E-state index in [0.717, 1.165) is 18.2 Å². The van der Waals surface area contributed by atoms with E-state index in [4.69, 9.17) is 17.2 Å². The zero-order chi connectivity index (χ0) is 27.8. The minimum atomic E-state index is -5.03. The van der Waals surface area contributed by atoms with Crippen molar-refractivity contribution in [2.24, 2.45) is 20.5 Å². The van der Waals surface area contributed by atoms with Crippen LogP contribution in [0.2, 0.25) is 0 Å². The maximum atomic E-state index is 13.0. The van der Waals surface area contributed by atoms with E-state index in [9.17, 15) is 31.0 Å². The Bertz CT molecular complexity index is 1870. The first-order chi connectivity index (χ1) is 17.7. The van der Waals surface area contributed by atoms with Gasteiger partial charge in [0, 0.05) is 11.4 Å². The van der Waals surface area contributed by atoms with Crippen molar-refractivity contribution in [3.05, 3.63) is 60.7 Å². The van der Waals surface area contributed by atoms with Crippen LogP contribution in [0.5, 0.6) is 5.75 Å². The van der Waals surface area contributed by atoms with Gasteiger partial charge in [0.15, 0.2) is 0 Å². The van der Waals surface area contributed by atoms with Crippen molar-refractivity contribution in [3.8, 4) is 5.75 Å². The molecule has 4 aromatic rings. The van der Waals surface area contributed by atoms with E-state index in [1.54, 1.807) is 12.1 Å². The Morgan fingerprint density at radius 2 is 1.30 bits per heavy atom. The molecule has 0 bridgehead atoms. The molecule has 0 fully saturated rings. The van der Waals surface area contributed by atoms with E-state index in [-0.39, 0.29) is 119 Å². The van der Waals surface area contributed by atoms with Gasteiger partial charge < -0.3 is 26.9 Å². The van der Waals surface area contributed by atoms with Crippen molar-refractivity contribution < 1.29 is 134 Å². The molecule has 0 spiro atoms. The summed E-state index contributed by atoms with van der Waals surface area (Å²) < 4.78 is 67.7. The molecule has 0 unspecified atom stereocenters. The van der Waals surface area contributed by atoms with Crippen LogP contribution in [0.3, 0.4) is 0 Å². The minimum absolute atomic E-state index is 0. The van der Waals surface area contributed by atoms with Crippen molar-refractivity contribution in [2.75, 3.05) is 17.2 Å². The average molecular weight is 634 g/mol. The summed E-state index contributed by atoms with van der Waals surface area (Å²) in [5.74, 6) is -1.06. The number of hydrogen-bond donors (Lipinski definition) is 4. The molecule has 0 heterocycles. The molecule has 18 heteroatoms. The fourth-order valence-electron chi connectivity index (χ4n) is 3.38.